The third-order valence-electron chi connectivity index (χ3n) is 1.16. The highest BCUT2D eigenvalue weighted by Gasteiger charge is 1.98. The molecule has 2 nitrogen and oxygen atoms in total. The van der Waals surface area contributed by atoms with Crippen LogP contribution in [0.5, 0.6) is 5.75 Å². The third-order valence-corrected chi connectivity index (χ3v) is 1.16. The molecular formula is C8H11NO. The van der Waals surface area contributed by atoms with Gasteiger partial charge in [-0.1, -0.05) is 0 Å². The maximum atomic E-state index is 9.29. The van der Waals surface area contributed by atoms with Gasteiger partial charge in [0.25, 0.3) is 0 Å². The van der Waals surface area contributed by atoms with E-state index in [1.54, 1.807) is 0 Å². The maximum absolute atomic E-state index is 9.29. The van der Waals surface area contributed by atoms with Crippen LogP contribution in [0.1, 0.15) is 19.4 Å². The highest BCUT2D eigenvalue weighted by atomic mass is 16.3. The Morgan fingerprint density at radius 1 is 1.40 bits per heavy atom. The summed E-state index contributed by atoms with van der Waals surface area (Å²) in [5.74, 6) is -0.425. The molecule has 0 heterocycles. The summed E-state index contributed by atoms with van der Waals surface area (Å²) in [6.07, 6.45) is 0. The lowest BCUT2D eigenvalue weighted by Gasteiger charge is -2.03. The van der Waals surface area contributed by atoms with Crippen molar-refractivity contribution in [2.24, 2.45) is 0 Å². The average molecular weight is 143 g/mol. The summed E-state index contributed by atoms with van der Waals surface area (Å²) in [6.45, 7) is -5.11. The van der Waals surface area contributed by atoms with Gasteiger partial charge in [0.2, 0.25) is 0 Å². The molecule has 0 unspecified atom stereocenters. The van der Waals surface area contributed by atoms with Crippen molar-refractivity contribution < 1.29 is 13.3 Å². The summed E-state index contributed by atoms with van der Waals surface area (Å²) in [5.41, 5.74) is 4.47. The monoisotopic (exact) mass is 143 g/mol. The van der Waals surface area contributed by atoms with Gasteiger partial charge in [-0.25, -0.2) is 0 Å². The number of nitrogen functional groups attached to an aromatic ring is 1. The summed E-state index contributed by atoms with van der Waals surface area (Å²) in [4.78, 5) is 0. The number of benzene rings is 1. The van der Waals surface area contributed by atoms with Gasteiger partial charge in [-0.15, -0.1) is 0 Å². The second-order valence-corrected chi connectivity index (χ2v) is 1.95. The quantitative estimate of drug-likeness (QED) is 0.428. The molecule has 0 aromatic heterocycles. The van der Waals surface area contributed by atoms with Gasteiger partial charge in [-0.3, -0.25) is 0 Å². The number of nitrogens with two attached hydrogens (primary N) is 1. The van der Waals surface area contributed by atoms with Crippen LogP contribution in [-0.2, 0) is 0 Å². The van der Waals surface area contributed by atoms with Crippen LogP contribution in [0.4, 0.5) is 5.69 Å². The molecule has 0 saturated carbocycles. The van der Waals surface area contributed by atoms with Crippen LogP contribution >= 0.6 is 0 Å². The fourth-order valence-corrected chi connectivity index (χ4v) is 0.638. The van der Waals surface area contributed by atoms with E-state index in [-0.39, 0.29) is 16.8 Å². The summed E-state index contributed by atoms with van der Waals surface area (Å²) in [7, 11) is 0. The van der Waals surface area contributed by atoms with Crippen molar-refractivity contribution in [3.63, 3.8) is 0 Å². The van der Waals surface area contributed by atoms with E-state index in [1.807, 2.05) is 0 Å². The van der Waals surface area contributed by atoms with Gasteiger partial charge in [0.1, 0.15) is 5.75 Å². The largest absolute Gasteiger partial charge is 0.508 e. The van der Waals surface area contributed by atoms with Gasteiger partial charge in [-0.05, 0) is 37.0 Å². The molecule has 0 bridgehead atoms. The first-order valence-corrected chi connectivity index (χ1v) is 2.67. The number of rotatable bonds is 0. The lowest BCUT2D eigenvalue weighted by atomic mass is 10.1. The summed E-state index contributed by atoms with van der Waals surface area (Å²) >= 11 is 0. The summed E-state index contributed by atoms with van der Waals surface area (Å²) in [6, 6.07) is 1.91. The molecule has 0 fully saturated rings. The second-order valence-electron chi connectivity index (χ2n) is 1.95. The van der Waals surface area contributed by atoms with Crippen LogP contribution in [0, 0.1) is 13.7 Å². The van der Waals surface area contributed by atoms with Gasteiger partial charge < -0.3 is 10.8 Å². The molecule has 3 N–H and O–H groups in total. The van der Waals surface area contributed by atoms with E-state index >= 15 is 0 Å². The first kappa shape index (κ1) is 2.46. The van der Waals surface area contributed by atoms with Crippen molar-refractivity contribution >= 4 is 5.69 Å². The molecule has 0 atom stereocenters. The summed E-state index contributed by atoms with van der Waals surface area (Å²) < 4.78 is 43.0. The zero-order valence-corrected chi connectivity index (χ0v) is 5.18. The van der Waals surface area contributed by atoms with Crippen molar-refractivity contribution in [3.8, 4) is 5.75 Å². The predicted molar refractivity (Wildman–Crippen MR) is 42.0 cm³/mol. The van der Waals surface area contributed by atoms with Crippen LogP contribution in [0.3, 0.4) is 0 Å². The Morgan fingerprint density at radius 3 is 2.30 bits per heavy atom. The Morgan fingerprint density at radius 2 is 1.90 bits per heavy atom. The van der Waals surface area contributed by atoms with E-state index in [1.165, 1.54) is 0 Å². The highest BCUT2D eigenvalue weighted by Crippen LogP contribution is 2.21. The van der Waals surface area contributed by atoms with Gasteiger partial charge >= 0.3 is 0 Å². The fraction of sp³-hybridized carbons (Fsp3) is 0.250. The van der Waals surface area contributed by atoms with Crippen LogP contribution in [0.25, 0.3) is 0 Å². The minimum atomic E-state index is -2.55. The lowest BCUT2D eigenvalue weighted by Crippen LogP contribution is -1.92. The van der Waals surface area contributed by atoms with E-state index in [0.717, 1.165) is 12.1 Å². The number of aromatic hydroxyl groups is 1. The first-order valence-electron chi connectivity index (χ1n) is 5.67. The van der Waals surface area contributed by atoms with Crippen molar-refractivity contribution in [2.75, 3.05) is 5.73 Å². The van der Waals surface area contributed by atoms with E-state index in [4.69, 9.17) is 14.0 Å². The molecule has 0 amide bonds. The third kappa shape index (κ3) is 1.05. The number of hydrogen-bond acceptors (Lipinski definition) is 2. The molecular weight excluding hydrogens is 126 g/mol. The number of phenolic OH excluding ortho intramolecular Hbond substituents is 1. The SMILES string of the molecule is [2H]C([2H])([2H])c1cc(O)cc(C([2H])([2H])[2H])c1N. The van der Waals surface area contributed by atoms with Gasteiger partial charge in [0.15, 0.2) is 0 Å². The predicted octanol–water partition coefficient (Wildman–Crippen LogP) is 1.59. The van der Waals surface area contributed by atoms with E-state index in [2.05, 4.69) is 0 Å². The average Bonchev–Trinajstić information content (AvgIpc) is 2.04. The lowest BCUT2D eigenvalue weighted by molar-refractivity contribution is 0.474. The van der Waals surface area contributed by atoms with Gasteiger partial charge in [0, 0.05) is 13.9 Å². The Bertz CT molecular complexity index is 373. The maximum Gasteiger partial charge on any atom is 0.116 e. The number of phenols is 1. The number of aryl methyl sites for hydroxylation is 2. The Labute approximate surface area is 68.7 Å². The normalized spacial score (nSPS) is 21.2. The molecule has 1 rings (SSSR count). The zero-order valence-electron chi connectivity index (χ0n) is 11.2. The molecule has 0 aliphatic carbocycles. The smallest absolute Gasteiger partial charge is 0.116 e. The molecule has 2 heteroatoms. The van der Waals surface area contributed by atoms with Crippen molar-refractivity contribution in [1.82, 2.24) is 0 Å². The molecule has 54 valence electrons. The standard InChI is InChI=1S/C8H11NO/c1-5-3-7(10)4-6(2)8(5)9/h3-4,10H,9H2,1-2H3/i1D3,2D3. The van der Waals surface area contributed by atoms with Crippen LogP contribution in [-0.4, -0.2) is 5.11 Å². The molecule has 0 aliphatic rings. The van der Waals surface area contributed by atoms with Crippen LogP contribution < -0.4 is 5.73 Å². The topological polar surface area (TPSA) is 46.2 Å². The van der Waals surface area contributed by atoms with E-state index < -0.39 is 19.5 Å². The Balaban J connectivity index is 3.51. The van der Waals surface area contributed by atoms with Crippen molar-refractivity contribution in [2.45, 2.75) is 13.7 Å². The summed E-state index contributed by atoms with van der Waals surface area (Å²) in [5, 5.41) is 9.29. The van der Waals surface area contributed by atoms with Crippen LogP contribution in [0.15, 0.2) is 12.1 Å². The van der Waals surface area contributed by atoms with E-state index in [0.29, 0.717) is 0 Å². The second kappa shape index (κ2) is 2.21. The molecule has 0 aliphatic heterocycles. The highest BCUT2D eigenvalue weighted by molar-refractivity contribution is 5.55. The van der Waals surface area contributed by atoms with Gasteiger partial charge in [0.05, 0.1) is 0 Å². The minimum Gasteiger partial charge on any atom is -0.508 e. The Hall–Kier alpha value is -1.18. The van der Waals surface area contributed by atoms with Crippen molar-refractivity contribution in [3.05, 3.63) is 23.3 Å². The minimum absolute atomic E-state index is 0.321. The molecule has 1 aromatic rings. The molecule has 1 aromatic carbocycles. The zero-order chi connectivity index (χ0) is 12.7. The molecule has 0 saturated heterocycles. The number of hydrogen-bond donors (Lipinski definition) is 2. The fourth-order valence-electron chi connectivity index (χ4n) is 0.638. The first-order chi connectivity index (χ1) is 7.03. The number of anilines is 1. The molecule has 0 spiro atoms. The van der Waals surface area contributed by atoms with Crippen LogP contribution in [0.2, 0.25) is 0 Å². The van der Waals surface area contributed by atoms with Gasteiger partial charge in [-0.2, -0.15) is 0 Å². The molecule has 0 radical (unpaired) electrons. The molecule has 10 heavy (non-hydrogen) atoms. The Kier molecular flexibility index (Phi) is 0.543. The van der Waals surface area contributed by atoms with Crippen molar-refractivity contribution in [1.29, 1.82) is 0 Å². The van der Waals surface area contributed by atoms with E-state index in [9.17, 15) is 5.11 Å².